The van der Waals surface area contributed by atoms with Gasteiger partial charge in [0, 0.05) is 36.6 Å². The van der Waals surface area contributed by atoms with E-state index >= 15 is 0 Å². The highest BCUT2D eigenvalue weighted by atomic mass is 35.5. The normalized spacial score (nSPS) is 12.0. The maximum Gasteiger partial charge on any atom is 0.251 e. The molecule has 4 aromatic rings. The molecule has 0 aliphatic heterocycles. The summed E-state index contributed by atoms with van der Waals surface area (Å²) in [4.78, 5) is 21.6. The Morgan fingerprint density at radius 2 is 2.03 bits per heavy atom. The van der Waals surface area contributed by atoms with Crippen LogP contribution in [0.3, 0.4) is 0 Å². The van der Waals surface area contributed by atoms with Gasteiger partial charge in [0.25, 0.3) is 5.56 Å². The van der Waals surface area contributed by atoms with Crippen molar-refractivity contribution < 1.29 is 9.50 Å². The summed E-state index contributed by atoms with van der Waals surface area (Å²) >= 11 is 5.86. The highest BCUT2D eigenvalue weighted by Crippen LogP contribution is 2.24. The Kier molecular flexibility index (Phi) is 6.29. The minimum atomic E-state index is -0.702. The molecule has 0 amide bonds. The number of aromatic nitrogens is 5. The fourth-order valence-corrected chi connectivity index (χ4v) is 3.55. The zero-order chi connectivity index (χ0) is 22.7. The Morgan fingerprint density at radius 3 is 2.75 bits per heavy atom. The van der Waals surface area contributed by atoms with Crippen LogP contribution in [0.15, 0.2) is 65.8 Å². The third-order valence-electron chi connectivity index (χ3n) is 4.99. The van der Waals surface area contributed by atoms with Crippen molar-refractivity contribution in [3.05, 3.63) is 87.8 Å². The SMILES string of the molecule is CCn1nccc1Nc1nccc(-c2ccn([C@H](CO)c3ccc(F)c(Cl)c3)c(=O)c2)n1. The van der Waals surface area contributed by atoms with E-state index in [1.165, 1.54) is 28.8 Å². The van der Waals surface area contributed by atoms with Crippen molar-refractivity contribution in [1.29, 1.82) is 0 Å². The third-order valence-corrected chi connectivity index (χ3v) is 5.28. The lowest BCUT2D eigenvalue weighted by Crippen LogP contribution is -2.26. The topological polar surface area (TPSA) is 97.9 Å². The minimum absolute atomic E-state index is 0.0731. The second-order valence-corrected chi connectivity index (χ2v) is 7.36. The van der Waals surface area contributed by atoms with Gasteiger partial charge in [-0.15, -0.1) is 0 Å². The lowest BCUT2D eigenvalue weighted by Gasteiger charge is -2.18. The summed E-state index contributed by atoms with van der Waals surface area (Å²) in [5.41, 5.74) is 1.32. The zero-order valence-corrected chi connectivity index (χ0v) is 17.9. The molecule has 10 heteroatoms. The third kappa shape index (κ3) is 4.39. The standard InChI is InChI=1S/C22H20ClFN6O2/c1-2-30-20(6-9-26-30)28-22-25-8-5-18(27-22)14-7-10-29(21(32)12-14)19(13-31)15-3-4-17(24)16(23)11-15/h3-12,19,31H,2,13H2,1H3,(H,25,27,28)/t19-/m1/s1. The number of aryl methyl sites for hydroxylation is 1. The number of halogens is 2. The Hall–Kier alpha value is -3.56. The first kappa shape index (κ1) is 21.7. The molecule has 0 saturated carbocycles. The van der Waals surface area contributed by atoms with Gasteiger partial charge in [-0.2, -0.15) is 5.10 Å². The quantitative estimate of drug-likeness (QED) is 0.442. The maximum absolute atomic E-state index is 13.5. The average Bonchev–Trinajstić information content (AvgIpc) is 3.25. The summed E-state index contributed by atoms with van der Waals surface area (Å²) in [5, 5.41) is 17.1. The Labute approximate surface area is 188 Å². The van der Waals surface area contributed by atoms with Gasteiger partial charge in [0.15, 0.2) is 0 Å². The first-order valence-corrected chi connectivity index (χ1v) is 10.3. The van der Waals surface area contributed by atoms with Crippen LogP contribution in [0.2, 0.25) is 5.02 Å². The molecule has 0 spiro atoms. The molecule has 0 unspecified atom stereocenters. The van der Waals surface area contributed by atoms with Gasteiger partial charge in [-0.05, 0) is 36.8 Å². The number of hydrogen-bond acceptors (Lipinski definition) is 6. The molecular formula is C22H20ClFN6O2. The molecule has 32 heavy (non-hydrogen) atoms. The first-order valence-electron chi connectivity index (χ1n) is 9.90. The van der Waals surface area contributed by atoms with Gasteiger partial charge in [-0.3, -0.25) is 4.79 Å². The molecule has 164 valence electrons. The minimum Gasteiger partial charge on any atom is -0.394 e. The number of aliphatic hydroxyl groups is 1. The number of benzene rings is 1. The molecule has 8 nitrogen and oxygen atoms in total. The molecule has 0 aliphatic rings. The molecule has 2 N–H and O–H groups in total. The fourth-order valence-electron chi connectivity index (χ4n) is 3.37. The number of rotatable bonds is 7. The van der Waals surface area contributed by atoms with Crippen molar-refractivity contribution in [2.75, 3.05) is 11.9 Å². The van der Waals surface area contributed by atoms with Crippen LogP contribution >= 0.6 is 11.6 Å². The van der Waals surface area contributed by atoms with Crippen LogP contribution in [0.5, 0.6) is 0 Å². The lowest BCUT2D eigenvalue weighted by molar-refractivity contribution is 0.247. The number of nitrogens with one attached hydrogen (secondary N) is 1. The van der Waals surface area contributed by atoms with Crippen molar-refractivity contribution >= 4 is 23.4 Å². The van der Waals surface area contributed by atoms with E-state index in [2.05, 4.69) is 20.4 Å². The molecule has 3 heterocycles. The second-order valence-electron chi connectivity index (χ2n) is 6.96. The molecule has 0 fully saturated rings. The summed E-state index contributed by atoms with van der Waals surface area (Å²) in [5.74, 6) is 0.560. The Morgan fingerprint density at radius 1 is 1.19 bits per heavy atom. The molecule has 1 atom stereocenters. The van der Waals surface area contributed by atoms with Crippen molar-refractivity contribution in [1.82, 2.24) is 24.3 Å². The molecule has 0 radical (unpaired) electrons. The molecular weight excluding hydrogens is 435 g/mol. The van der Waals surface area contributed by atoms with E-state index in [0.717, 1.165) is 5.82 Å². The van der Waals surface area contributed by atoms with Crippen LogP contribution in [-0.2, 0) is 6.54 Å². The van der Waals surface area contributed by atoms with E-state index in [4.69, 9.17) is 11.6 Å². The molecule has 3 aromatic heterocycles. The molecule has 0 saturated heterocycles. The van der Waals surface area contributed by atoms with Gasteiger partial charge >= 0.3 is 0 Å². The van der Waals surface area contributed by atoms with E-state index in [0.29, 0.717) is 29.3 Å². The lowest BCUT2D eigenvalue weighted by atomic mass is 10.1. The van der Waals surface area contributed by atoms with Crippen LogP contribution in [0.25, 0.3) is 11.3 Å². The number of pyridine rings is 1. The smallest absolute Gasteiger partial charge is 0.251 e. The number of anilines is 2. The van der Waals surface area contributed by atoms with E-state index in [9.17, 15) is 14.3 Å². The van der Waals surface area contributed by atoms with Crippen molar-refractivity contribution in [3.8, 4) is 11.3 Å². The van der Waals surface area contributed by atoms with Crippen LogP contribution in [0, 0.1) is 5.82 Å². The van der Waals surface area contributed by atoms with Gasteiger partial charge < -0.3 is 15.0 Å². The van der Waals surface area contributed by atoms with Crippen molar-refractivity contribution in [3.63, 3.8) is 0 Å². The summed E-state index contributed by atoms with van der Waals surface area (Å²) in [6.45, 7) is 2.32. The molecule has 0 aliphatic carbocycles. The van der Waals surface area contributed by atoms with Crippen molar-refractivity contribution in [2.45, 2.75) is 19.5 Å². The highest BCUT2D eigenvalue weighted by molar-refractivity contribution is 6.30. The van der Waals surface area contributed by atoms with E-state index in [1.54, 1.807) is 35.4 Å². The Balaban J connectivity index is 1.63. The predicted molar refractivity (Wildman–Crippen MR) is 120 cm³/mol. The van der Waals surface area contributed by atoms with Gasteiger partial charge in [0.1, 0.15) is 11.6 Å². The van der Waals surface area contributed by atoms with Crippen molar-refractivity contribution in [2.24, 2.45) is 0 Å². The maximum atomic E-state index is 13.5. The zero-order valence-electron chi connectivity index (χ0n) is 17.1. The molecule has 0 bridgehead atoms. The van der Waals surface area contributed by atoms with Crippen LogP contribution in [0.4, 0.5) is 16.2 Å². The van der Waals surface area contributed by atoms with Crippen LogP contribution in [0.1, 0.15) is 18.5 Å². The number of hydrogen-bond donors (Lipinski definition) is 2. The van der Waals surface area contributed by atoms with Crippen LogP contribution in [-0.4, -0.2) is 36.0 Å². The largest absolute Gasteiger partial charge is 0.394 e. The van der Waals surface area contributed by atoms with Gasteiger partial charge in [0.2, 0.25) is 5.95 Å². The second kappa shape index (κ2) is 9.29. The van der Waals surface area contributed by atoms with E-state index < -0.39 is 11.9 Å². The number of aliphatic hydroxyl groups excluding tert-OH is 1. The van der Waals surface area contributed by atoms with Gasteiger partial charge in [-0.25, -0.2) is 19.0 Å². The first-order chi connectivity index (χ1) is 15.5. The molecule has 1 aromatic carbocycles. The molecule has 4 rings (SSSR count). The van der Waals surface area contributed by atoms with E-state index in [1.807, 2.05) is 13.0 Å². The van der Waals surface area contributed by atoms with Gasteiger partial charge in [0.05, 0.1) is 29.6 Å². The fraction of sp³-hybridized carbons (Fsp3) is 0.182. The van der Waals surface area contributed by atoms with Gasteiger partial charge in [-0.1, -0.05) is 17.7 Å². The number of nitrogens with zero attached hydrogens (tertiary/aromatic N) is 5. The highest BCUT2D eigenvalue weighted by Gasteiger charge is 2.16. The predicted octanol–water partition coefficient (Wildman–Crippen LogP) is 3.64. The summed E-state index contributed by atoms with van der Waals surface area (Å²) in [6, 6.07) is 10.1. The average molecular weight is 455 g/mol. The Bertz CT molecular complexity index is 1310. The monoisotopic (exact) mass is 454 g/mol. The summed E-state index contributed by atoms with van der Waals surface area (Å²) in [6.07, 6.45) is 4.85. The van der Waals surface area contributed by atoms with Crippen LogP contribution < -0.4 is 10.9 Å². The summed E-state index contributed by atoms with van der Waals surface area (Å²) in [7, 11) is 0. The van der Waals surface area contributed by atoms with E-state index in [-0.39, 0.29) is 17.2 Å². The summed E-state index contributed by atoms with van der Waals surface area (Å²) < 4.78 is 16.6.